The molecule has 0 fully saturated rings. The van der Waals surface area contributed by atoms with Crippen molar-refractivity contribution in [2.24, 2.45) is 0 Å². The Bertz CT molecular complexity index is 6220. The molecule has 0 heterocycles. The molecular formula is C107H78N2. The Morgan fingerprint density at radius 1 is 0.294 bits per heavy atom. The van der Waals surface area contributed by atoms with Crippen LogP contribution >= 0.6 is 0 Å². The Morgan fingerprint density at radius 2 is 0.651 bits per heavy atom. The number of aryl methyl sites for hydroxylation is 2. The van der Waals surface area contributed by atoms with E-state index in [9.17, 15) is 0 Å². The highest BCUT2D eigenvalue weighted by atomic mass is 15.1. The third kappa shape index (κ3) is 10.5. The lowest BCUT2D eigenvalue weighted by Crippen LogP contribution is -2.30. The summed E-state index contributed by atoms with van der Waals surface area (Å²) in [7, 11) is 0. The summed E-state index contributed by atoms with van der Waals surface area (Å²) < 4.78 is 0. The maximum atomic E-state index is 4.15. The minimum atomic E-state index is -0.732. The summed E-state index contributed by atoms with van der Waals surface area (Å²) in [6.07, 6.45) is 4.65. The highest BCUT2D eigenvalue weighted by Crippen LogP contribution is 2.65. The van der Waals surface area contributed by atoms with Gasteiger partial charge in [-0.15, -0.1) is 0 Å². The molecule has 0 amide bonds. The first-order valence-electron chi connectivity index (χ1n) is 38.2. The van der Waals surface area contributed by atoms with Gasteiger partial charge in [0.25, 0.3) is 0 Å². The molecule has 2 nitrogen and oxygen atoms in total. The van der Waals surface area contributed by atoms with Crippen LogP contribution in [-0.4, -0.2) is 0 Å². The van der Waals surface area contributed by atoms with Crippen LogP contribution in [0.4, 0.5) is 34.1 Å². The van der Waals surface area contributed by atoms with Crippen molar-refractivity contribution in [1.82, 2.24) is 0 Å². The molecule has 0 aromatic heterocycles. The van der Waals surface area contributed by atoms with Crippen molar-refractivity contribution < 1.29 is 0 Å². The highest BCUT2D eigenvalue weighted by molar-refractivity contribution is 5.99. The summed E-state index contributed by atoms with van der Waals surface area (Å²) in [5.74, 6) is 0.0271. The summed E-state index contributed by atoms with van der Waals surface area (Å²) in [5.41, 5.74) is 40.1. The zero-order valence-corrected chi connectivity index (χ0v) is 61.1. The minimum Gasteiger partial charge on any atom is -0.310 e. The Balaban J connectivity index is 0.793. The van der Waals surface area contributed by atoms with Crippen molar-refractivity contribution in [2.75, 3.05) is 9.80 Å². The molecule has 0 radical (unpaired) electrons. The fraction of sp³-hybridized carbons (Fsp3) is 0.0654. The van der Waals surface area contributed by atoms with Gasteiger partial charge in [0.15, 0.2) is 0 Å². The standard InChI is InChI=1S/C107H78N2/c1-5-72-37-39-74(40-38-72)69-106(81-51-35-71(4)36-52-81)98-30-18-15-26-90(98)93-62-58-85(66-101(93)106)109(83-55-49-78(50-56-83)76-23-11-8-12-24-76)87-60-64-95-92-28-17-20-32-100(92)107(103(95)68-87)99-31-19-16-27-91(99)94-63-59-86(67-102(94)107)108(82-53-47-77(48-54-82)75-21-9-7-10-22-75)84-57-61-89-88-25-13-14-29-96(88)105(97(89)65-84)104(79-43-33-70(3)34-44-79)80-45-41-73(6-2)42-46-80/h5-68,104-105H,1-2,69H2,3-4H3. The van der Waals surface area contributed by atoms with E-state index in [1.807, 2.05) is 12.2 Å². The third-order valence-corrected chi connectivity index (χ3v) is 24.2. The summed E-state index contributed by atoms with van der Waals surface area (Å²) in [5, 5.41) is 0. The number of hydrogen-bond acceptors (Lipinski definition) is 2. The molecule has 109 heavy (non-hydrogen) atoms. The van der Waals surface area contributed by atoms with Gasteiger partial charge >= 0.3 is 0 Å². The molecule has 4 aliphatic rings. The molecule has 1 spiro atoms. The Morgan fingerprint density at radius 3 is 1.16 bits per heavy atom. The van der Waals surface area contributed by atoms with Gasteiger partial charge < -0.3 is 9.80 Å². The SMILES string of the molecule is C=Cc1ccc(CC2(c3ccc(C)cc3)c3ccccc3-c3ccc(N(c4ccc(-c5ccccc5)cc4)c4ccc5c(c4)C4(c6ccccc6-c6ccc(N(c7ccc(-c8ccccc8)cc7)c7ccc8c(c7)C(C(c7ccc(C)cc7)c7ccc(C=C)cc7)c7ccccc7-8)cc64)c4ccccc4-5)cc32)cc1. The maximum absolute atomic E-state index is 4.15. The summed E-state index contributed by atoms with van der Waals surface area (Å²) in [6, 6.07) is 143. The van der Waals surface area contributed by atoms with Crippen LogP contribution in [-0.2, 0) is 17.3 Å². The molecule has 4 unspecified atom stereocenters. The molecule has 0 bridgehead atoms. The fourth-order valence-corrected chi connectivity index (χ4v) is 19.1. The average molecular weight is 1390 g/mol. The van der Waals surface area contributed by atoms with Crippen LogP contribution in [0, 0.1) is 13.8 Å². The van der Waals surface area contributed by atoms with Gasteiger partial charge in [-0.2, -0.15) is 0 Å². The lowest BCUT2D eigenvalue weighted by atomic mass is 9.68. The summed E-state index contributed by atoms with van der Waals surface area (Å²) >= 11 is 0. The van der Waals surface area contributed by atoms with Gasteiger partial charge in [0.2, 0.25) is 0 Å². The van der Waals surface area contributed by atoms with Gasteiger partial charge in [-0.1, -0.05) is 340 Å². The summed E-state index contributed by atoms with van der Waals surface area (Å²) in [4.78, 5) is 5.07. The second-order valence-corrected chi connectivity index (χ2v) is 30.1. The molecule has 0 aliphatic heterocycles. The van der Waals surface area contributed by atoms with Crippen LogP contribution in [0.1, 0.15) is 101 Å². The van der Waals surface area contributed by atoms with Gasteiger partial charge in [0.1, 0.15) is 0 Å². The van der Waals surface area contributed by atoms with Crippen molar-refractivity contribution in [1.29, 1.82) is 0 Å². The molecule has 4 atom stereocenters. The van der Waals surface area contributed by atoms with Gasteiger partial charge in [0.05, 0.1) is 10.8 Å². The van der Waals surface area contributed by atoms with E-state index in [-0.39, 0.29) is 11.8 Å². The van der Waals surface area contributed by atoms with E-state index in [2.05, 4.69) is 413 Å². The predicted molar refractivity (Wildman–Crippen MR) is 457 cm³/mol. The van der Waals surface area contributed by atoms with E-state index in [1.54, 1.807) is 0 Å². The summed E-state index contributed by atoms with van der Waals surface area (Å²) in [6.45, 7) is 12.7. The lowest BCUT2D eigenvalue weighted by Gasteiger charge is -2.35. The fourth-order valence-electron chi connectivity index (χ4n) is 19.1. The maximum Gasteiger partial charge on any atom is 0.0727 e. The van der Waals surface area contributed by atoms with Crippen LogP contribution in [0.3, 0.4) is 0 Å². The van der Waals surface area contributed by atoms with Crippen molar-refractivity contribution in [2.45, 2.75) is 42.9 Å². The van der Waals surface area contributed by atoms with Crippen molar-refractivity contribution >= 4 is 46.3 Å². The van der Waals surface area contributed by atoms with Crippen LogP contribution in [0.25, 0.3) is 78.9 Å². The molecule has 0 saturated heterocycles. The number of rotatable bonds is 16. The number of nitrogens with zero attached hydrogens (tertiary/aromatic N) is 2. The van der Waals surface area contributed by atoms with E-state index in [0.717, 1.165) is 51.7 Å². The lowest BCUT2D eigenvalue weighted by molar-refractivity contribution is 0.629. The number of anilines is 6. The molecule has 4 aliphatic carbocycles. The molecule has 20 rings (SSSR count). The van der Waals surface area contributed by atoms with Crippen LogP contribution in [0.15, 0.2) is 389 Å². The first kappa shape index (κ1) is 65.1. The topological polar surface area (TPSA) is 6.48 Å². The molecule has 0 N–H and O–H groups in total. The monoisotopic (exact) mass is 1390 g/mol. The Hall–Kier alpha value is -13.4. The average Bonchev–Trinajstić information content (AvgIpc) is 1.51. The van der Waals surface area contributed by atoms with Gasteiger partial charge in [-0.3, -0.25) is 0 Å². The predicted octanol–water partition coefficient (Wildman–Crippen LogP) is 27.7. The van der Waals surface area contributed by atoms with E-state index >= 15 is 0 Å². The van der Waals surface area contributed by atoms with Crippen LogP contribution in [0.2, 0.25) is 0 Å². The van der Waals surface area contributed by atoms with E-state index in [0.29, 0.717) is 0 Å². The third-order valence-electron chi connectivity index (χ3n) is 24.2. The van der Waals surface area contributed by atoms with Crippen molar-refractivity contribution in [3.63, 3.8) is 0 Å². The highest BCUT2D eigenvalue weighted by Gasteiger charge is 2.53. The smallest absolute Gasteiger partial charge is 0.0727 e. The van der Waals surface area contributed by atoms with Gasteiger partial charge in [-0.25, -0.2) is 0 Å². The molecule has 16 aromatic rings. The zero-order valence-electron chi connectivity index (χ0n) is 61.1. The van der Waals surface area contributed by atoms with E-state index in [1.165, 1.54) is 145 Å². The minimum absolute atomic E-state index is 0.00923. The quantitative estimate of drug-likeness (QED) is 0.0951. The van der Waals surface area contributed by atoms with Gasteiger partial charge in [-0.05, 0) is 238 Å². The second kappa shape index (κ2) is 26.3. The first-order chi connectivity index (χ1) is 53.7. The second-order valence-electron chi connectivity index (χ2n) is 30.1. The van der Waals surface area contributed by atoms with Crippen LogP contribution < -0.4 is 9.80 Å². The van der Waals surface area contributed by atoms with Crippen LogP contribution in [0.5, 0.6) is 0 Å². The molecule has 516 valence electrons. The van der Waals surface area contributed by atoms with E-state index in [4.69, 9.17) is 0 Å². The van der Waals surface area contributed by atoms with Crippen molar-refractivity contribution in [3.05, 3.63) is 478 Å². The largest absolute Gasteiger partial charge is 0.310 e. The zero-order chi connectivity index (χ0) is 72.9. The number of fused-ring (bicyclic) bond motifs is 16. The van der Waals surface area contributed by atoms with Gasteiger partial charge in [0, 0.05) is 46.0 Å². The Labute approximate surface area is 639 Å². The number of benzene rings is 16. The number of hydrogen-bond donors (Lipinski definition) is 0. The first-order valence-corrected chi connectivity index (χ1v) is 38.2. The molecule has 16 aromatic carbocycles. The Kier molecular flexibility index (Phi) is 15.7. The molecule has 0 saturated carbocycles. The normalized spacial score (nSPS) is 15.9. The molecule has 2 heteroatoms. The molecular weight excluding hydrogens is 1310 g/mol. The van der Waals surface area contributed by atoms with Crippen molar-refractivity contribution in [3.8, 4) is 66.8 Å². The van der Waals surface area contributed by atoms with E-state index < -0.39 is 10.8 Å².